The smallest absolute Gasteiger partial charge is 0.267 e. The van der Waals surface area contributed by atoms with E-state index in [0.717, 1.165) is 45.6 Å². The van der Waals surface area contributed by atoms with Crippen LogP contribution in [-0.2, 0) is 109 Å². The van der Waals surface area contributed by atoms with E-state index in [1.807, 2.05) is 6.92 Å². The normalized spacial score (nSPS) is 25.5. The van der Waals surface area contributed by atoms with Crippen molar-refractivity contribution < 1.29 is 160 Å². The zero-order chi connectivity index (χ0) is 92.1. The second-order valence-electron chi connectivity index (χ2n) is 34.1. The highest BCUT2D eigenvalue weighted by Gasteiger charge is 2.48. The first-order chi connectivity index (χ1) is 59.8. The number of unbranched alkanes of at least 4 members (excludes halogenated alkanes) is 16. The number of ketones is 7. The molecule has 0 aromatic heterocycles. The fourth-order valence-electron chi connectivity index (χ4n) is 15.8. The van der Waals surface area contributed by atoms with Gasteiger partial charge in [0.25, 0.3) is 7.82 Å². The van der Waals surface area contributed by atoms with Crippen LogP contribution in [-0.4, -0.2) is 312 Å². The van der Waals surface area contributed by atoms with E-state index in [0.29, 0.717) is 148 Å². The van der Waals surface area contributed by atoms with Crippen molar-refractivity contribution in [3.8, 4) is 0 Å². The molecule has 4 fully saturated rings. The number of aliphatic hydroxyl groups excluding tert-OH is 9. The molecule has 37 nitrogen and oxygen atoms in total. The molecule has 12 N–H and O–H groups in total. The monoisotopic (exact) mass is 1810 g/mol. The van der Waals surface area contributed by atoms with Crippen molar-refractivity contribution in [3.63, 3.8) is 0 Å². The first-order valence-corrected chi connectivity index (χ1v) is 46.9. The lowest BCUT2D eigenvalue weighted by atomic mass is 9.83. The average Bonchev–Trinajstić information content (AvgIpc) is 1.57. The molecule has 38 heteroatoms. The van der Waals surface area contributed by atoms with Gasteiger partial charge in [-0.15, -0.1) is 0 Å². The molecule has 18 atom stereocenters. The van der Waals surface area contributed by atoms with Gasteiger partial charge in [0.1, 0.15) is 114 Å². The van der Waals surface area contributed by atoms with Crippen molar-refractivity contribution in [1.82, 2.24) is 20.9 Å². The van der Waals surface area contributed by atoms with E-state index >= 15 is 0 Å². The summed E-state index contributed by atoms with van der Waals surface area (Å²) in [6.45, 7) is 4.50. The summed E-state index contributed by atoms with van der Waals surface area (Å²) in [6.07, 6.45) is 2.81. The van der Waals surface area contributed by atoms with Crippen LogP contribution in [0.3, 0.4) is 0 Å². The summed E-state index contributed by atoms with van der Waals surface area (Å²) in [4.78, 5) is 155. The molecule has 0 bridgehead atoms. The van der Waals surface area contributed by atoms with E-state index in [1.54, 1.807) is 4.90 Å². The minimum absolute atomic E-state index is 0.00452. The van der Waals surface area contributed by atoms with Gasteiger partial charge in [0.15, 0.2) is 18.9 Å². The van der Waals surface area contributed by atoms with Crippen LogP contribution in [0.5, 0.6) is 0 Å². The number of Topliss-reactive ketones (excluding diaryl/α,β-unsaturated/α-hetero) is 7. The summed E-state index contributed by atoms with van der Waals surface area (Å²) in [5.41, 5.74) is -1.12. The van der Waals surface area contributed by atoms with Gasteiger partial charge in [0.05, 0.1) is 72.1 Å². The van der Waals surface area contributed by atoms with Gasteiger partial charge >= 0.3 is 0 Å². The first kappa shape index (κ1) is 112. The summed E-state index contributed by atoms with van der Waals surface area (Å²) in [5.74, 6) is -1.46. The van der Waals surface area contributed by atoms with Crippen molar-refractivity contribution in [2.24, 2.45) is 11.3 Å². The highest BCUT2D eigenvalue weighted by atomic mass is 31.2. The number of nitrogens with zero attached hydrogens (tertiary/aromatic N) is 1. The summed E-state index contributed by atoms with van der Waals surface area (Å²) in [7, 11) is -3.41. The Balaban J connectivity index is 1.31. The van der Waals surface area contributed by atoms with Crippen molar-refractivity contribution in [2.75, 3.05) is 99.5 Å². The van der Waals surface area contributed by atoms with E-state index < -0.39 is 143 Å². The van der Waals surface area contributed by atoms with E-state index in [2.05, 4.69) is 20.5 Å². The van der Waals surface area contributed by atoms with Gasteiger partial charge < -0.3 is 123 Å². The van der Waals surface area contributed by atoms with Crippen LogP contribution in [0.4, 0.5) is 0 Å². The van der Waals surface area contributed by atoms with Gasteiger partial charge in [-0.25, -0.2) is 0 Å². The van der Waals surface area contributed by atoms with Gasteiger partial charge in [-0.05, 0) is 102 Å². The van der Waals surface area contributed by atoms with Crippen LogP contribution < -0.4 is 20.8 Å². The third kappa shape index (κ3) is 46.1. The lowest BCUT2D eigenvalue weighted by Crippen LogP contribution is -2.64. The number of carbonyl (C=O) groups excluding carboxylic acids is 11. The SMILES string of the molecule is COP(=O)([O-])OC[C@@H]1C[C@@H](C)CN1C(=O)CCCCCCCCCCC(=O)CC(COCCC(=O)CCCCCC(=O)CCCCOC1OC(CO)C(O)C(O)C1NC(C)=O)(COCCC(=O)CCCCCC(=O)CCCCOC1OC(CO)C(O)C(O)C1NC(C)=O)COCCC(=O)CCCCCC(=O)CCCCOC1OC(CO)C(O)C(O)C1NC(C)=O. The Morgan fingerprint density at radius 2 is 0.664 bits per heavy atom. The van der Waals surface area contributed by atoms with Crippen LogP contribution >= 0.6 is 7.82 Å². The van der Waals surface area contributed by atoms with Gasteiger partial charge in [-0.1, -0.05) is 64.7 Å². The number of carbonyl (C=O) groups is 11. The molecule has 722 valence electrons. The van der Waals surface area contributed by atoms with Crippen LogP contribution in [0.2, 0.25) is 0 Å². The topological polar surface area (TPSA) is 551 Å². The maximum atomic E-state index is 14.2. The Labute approximate surface area is 736 Å². The van der Waals surface area contributed by atoms with Crippen molar-refractivity contribution in [1.29, 1.82) is 0 Å². The van der Waals surface area contributed by atoms with Crippen molar-refractivity contribution in [3.05, 3.63) is 0 Å². The molecule has 4 heterocycles. The Bertz CT molecular complexity index is 2950. The standard InChI is InChI=1S/C87H151N4O33P/c1-59-49-63(55-121-125(112,113)114-5)91(51-59)74(105)39-22-11-9-7-6-8-10-15-38-70(104)50-87(56-115-46-40-67(101)32-19-12-16-29-64(98)35-23-26-43-118-84-75(88-60(2)95)81(109)78(106)71(52-92)122-84,57-116-47-41-68(102)33-20-13-17-30-65(99)36-24-27-44-119-85-76(89-61(3)96)82(110)79(107)72(53-93)123-85)58-117-48-42-69(103)34-21-14-18-31-66(100)37-25-28-45-120-86-77(90-62(4)97)83(111)80(108)73(54-94)124-86/h59,63,71-73,75-86,92-94,106-111H,6-58H2,1-5H3,(H,88,95)(H,89,96)(H,90,97)(H,112,113)/p-1/t59-,63+,71?,72?,73?,75?,76?,77?,78?,79?,80?,81?,82?,83?,84?,85?,86?,87?/m1/s1. The minimum Gasteiger partial charge on any atom is -0.756 e. The highest BCUT2D eigenvalue weighted by Crippen LogP contribution is 2.39. The lowest BCUT2D eigenvalue weighted by molar-refractivity contribution is -0.270. The van der Waals surface area contributed by atoms with Gasteiger partial charge in [-0.3, -0.25) is 57.3 Å². The Morgan fingerprint density at radius 3 is 0.960 bits per heavy atom. The number of nitrogens with one attached hydrogen (secondary N) is 3. The number of likely N-dealkylation sites (tertiary alicyclic amines) is 1. The predicted molar refractivity (Wildman–Crippen MR) is 449 cm³/mol. The molecule has 4 rings (SSSR count). The van der Waals surface area contributed by atoms with Gasteiger partial charge in [-0.2, -0.15) is 0 Å². The van der Waals surface area contributed by atoms with Crippen molar-refractivity contribution in [2.45, 2.75) is 376 Å². The first-order valence-electron chi connectivity index (χ1n) is 45.5. The quantitative estimate of drug-likeness (QED) is 0.0301. The number of hydrogen-bond donors (Lipinski definition) is 12. The summed E-state index contributed by atoms with van der Waals surface area (Å²) >= 11 is 0. The minimum atomic E-state index is -4.43. The molecule has 0 saturated carbocycles. The largest absolute Gasteiger partial charge is 0.756 e. The molecule has 16 unspecified atom stereocenters. The number of phosphoric ester groups is 1. The maximum absolute atomic E-state index is 14.2. The van der Waals surface area contributed by atoms with E-state index in [4.69, 9.17) is 47.2 Å². The average molecular weight is 1810 g/mol. The number of ether oxygens (including phenoxy) is 9. The number of hydrogen-bond acceptors (Lipinski definition) is 33. The molecule has 4 saturated heterocycles. The second kappa shape index (κ2) is 63.9. The molecule has 0 aliphatic carbocycles. The molecule has 0 radical (unpaired) electrons. The molecule has 4 amide bonds. The Morgan fingerprint density at radius 1 is 0.392 bits per heavy atom. The fraction of sp³-hybridized carbons (Fsp3) is 0.874. The molecule has 4 aliphatic rings. The molecule has 0 aromatic carbocycles. The third-order valence-electron chi connectivity index (χ3n) is 22.9. The van der Waals surface area contributed by atoms with E-state index in [-0.39, 0.29) is 195 Å². The Hall–Kier alpha value is -5.04. The van der Waals surface area contributed by atoms with E-state index in [1.165, 1.54) is 20.8 Å². The molecular formula is C87H150N4O33P-. The molecule has 0 spiro atoms. The van der Waals surface area contributed by atoms with Crippen LogP contribution in [0.25, 0.3) is 0 Å². The fourth-order valence-corrected chi connectivity index (χ4v) is 16.2. The van der Waals surface area contributed by atoms with E-state index in [9.17, 15) is 108 Å². The number of amides is 4. The zero-order valence-corrected chi connectivity index (χ0v) is 75.4. The molecule has 0 aromatic rings. The van der Waals surface area contributed by atoms with Gasteiger partial charge in [0, 0.05) is 156 Å². The lowest BCUT2D eigenvalue weighted by Gasteiger charge is -2.42. The van der Waals surface area contributed by atoms with Crippen LogP contribution in [0, 0.1) is 11.3 Å². The predicted octanol–water partition coefficient (Wildman–Crippen LogP) is 4.08. The summed E-state index contributed by atoms with van der Waals surface area (Å²) < 4.78 is 74.1. The third-order valence-corrected chi connectivity index (χ3v) is 23.9. The summed E-state index contributed by atoms with van der Waals surface area (Å²) in [5, 5.41) is 98.9. The number of phosphoric acid groups is 1. The van der Waals surface area contributed by atoms with Crippen molar-refractivity contribution >= 4 is 71.9 Å². The molecule has 4 aliphatic heterocycles. The second-order valence-corrected chi connectivity index (χ2v) is 35.6. The molecule has 125 heavy (non-hydrogen) atoms. The molecular weight excluding hydrogens is 1660 g/mol. The highest BCUT2D eigenvalue weighted by molar-refractivity contribution is 7.45. The zero-order valence-electron chi connectivity index (χ0n) is 74.5. The number of aliphatic hydroxyl groups is 9. The maximum Gasteiger partial charge on any atom is 0.267 e. The van der Waals surface area contributed by atoms with Crippen LogP contribution in [0.1, 0.15) is 278 Å². The van der Waals surface area contributed by atoms with Gasteiger partial charge in [0.2, 0.25) is 23.6 Å². The summed E-state index contributed by atoms with van der Waals surface area (Å²) in [6, 6.07) is -3.58. The van der Waals surface area contributed by atoms with Crippen LogP contribution in [0.15, 0.2) is 0 Å². The number of rotatable bonds is 74. The Kier molecular flexibility index (Phi) is 57.4.